The van der Waals surface area contributed by atoms with Crippen molar-refractivity contribution in [1.82, 2.24) is 9.62 Å². The number of halogens is 1. The highest BCUT2D eigenvalue weighted by Gasteiger charge is 2.18. The molecule has 0 spiro atoms. The highest BCUT2D eigenvalue weighted by Crippen LogP contribution is 2.20. The van der Waals surface area contributed by atoms with Gasteiger partial charge in [0.2, 0.25) is 10.0 Å². The van der Waals surface area contributed by atoms with Crippen molar-refractivity contribution >= 4 is 21.6 Å². The van der Waals surface area contributed by atoms with Gasteiger partial charge in [0.15, 0.2) is 0 Å². The van der Waals surface area contributed by atoms with Crippen LogP contribution in [0.1, 0.15) is 38.2 Å². The maximum absolute atomic E-state index is 12.2. The molecular formula is C16H22ClN3O2S. The Kier molecular flexibility index (Phi) is 6.42. The molecule has 1 aliphatic rings. The van der Waals surface area contributed by atoms with Crippen LogP contribution in [-0.4, -0.2) is 39.0 Å². The Morgan fingerprint density at radius 1 is 1.43 bits per heavy atom. The monoisotopic (exact) mass is 355 g/mol. The largest absolute Gasteiger partial charge is 0.301 e. The van der Waals surface area contributed by atoms with E-state index in [1.807, 2.05) is 6.07 Å². The van der Waals surface area contributed by atoms with Gasteiger partial charge in [0.05, 0.1) is 15.5 Å². The molecule has 1 N–H and O–H groups in total. The lowest BCUT2D eigenvalue weighted by Gasteiger charge is -2.33. The van der Waals surface area contributed by atoms with E-state index >= 15 is 0 Å². The lowest BCUT2D eigenvalue weighted by molar-refractivity contribution is 0.159. The number of hydrogen-bond acceptors (Lipinski definition) is 4. The number of hydrogen-bond donors (Lipinski definition) is 1. The van der Waals surface area contributed by atoms with Crippen molar-refractivity contribution in [2.45, 2.75) is 43.5 Å². The molecule has 1 saturated heterocycles. The van der Waals surface area contributed by atoms with Crippen LogP contribution >= 0.6 is 11.6 Å². The minimum absolute atomic E-state index is 0.0906. The molecule has 126 valence electrons. The lowest BCUT2D eigenvalue weighted by atomic mass is 10.0. The van der Waals surface area contributed by atoms with Gasteiger partial charge >= 0.3 is 0 Å². The van der Waals surface area contributed by atoms with Gasteiger partial charge in [-0.1, -0.05) is 18.0 Å². The molecule has 1 atom stereocenters. The number of rotatable bonds is 6. The van der Waals surface area contributed by atoms with Crippen LogP contribution in [0.2, 0.25) is 5.02 Å². The average molecular weight is 356 g/mol. The number of benzene rings is 1. The van der Waals surface area contributed by atoms with E-state index in [0.29, 0.717) is 12.6 Å². The molecule has 1 fully saturated rings. The zero-order valence-electron chi connectivity index (χ0n) is 13.3. The predicted octanol–water partition coefficient (Wildman–Crippen LogP) is 2.75. The van der Waals surface area contributed by atoms with Gasteiger partial charge in [0, 0.05) is 12.6 Å². The molecule has 7 heteroatoms. The number of nitriles is 1. The topological polar surface area (TPSA) is 73.2 Å². The smallest absolute Gasteiger partial charge is 0.240 e. The van der Waals surface area contributed by atoms with E-state index in [-0.39, 0.29) is 15.5 Å². The first kappa shape index (κ1) is 18.2. The van der Waals surface area contributed by atoms with E-state index in [2.05, 4.69) is 16.5 Å². The SMILES string of the molecule is CC1CCCCN1CCCNS(=O)(=O)c1ccc(C#N)c(Cl)c1. The van der Waals surface area contributed by atoms with Gasteiger partial charge in [0.1, 0.15) is 6.07 Å². The molecule has 1 unspecified atom stereocenters. The normalized spacial score (nSPS) is 19.4. The van der Waals surface area contributed by atoms with Crippen molar-refractivity contribution in [2.75, 3.05) is 19.6 Å². The van der Waals surface area contributed by atoms with Crippen molar-refractivity contribution in [3.05, 3.63) is 28.8 Å². The fourth-order valence-electron chi connectivity index (χ4n) is 2.82. The van der Waals surface area contributed by atoms with Crippen LogP contribution in [0.3, 0.4) is 0 Å². The van der Waals surface area contributed by atoms with E-state index in [1.54, 1.807) is 0 Å². The van der Waals surface area contributed by atoms with Crippen molar-refractivity contribution in [2.24, 2.45) is 0 Å². The van der Waals surface area contributed by atoms with Crippen molar-refractivity contribution in [3.63, 3.8) is 0 Å². The molecule has 23 heavy (non-hydrogen) atoms. The molecule has 5 nitrogen and oxygen atoms in total. The Hall–Kier alpha value is -1.13. The van der Waals surface area contributed by atoms with Gasteiger partial charge < -0.3 is 4.90 Å². The summed E-state index contributed by atoms with van der Waals surface area (Å²) in [5.41, 5.74) is 0.268. The molecule has 0 aliphatic carbocycles. The van der Waals surface area contributed by atoms with Crippen molar-refractivity contribution in [1.29, 1.82) is 5.26 Å². The molecule has 1 heterocycles. The van der Waals surface area contributed by atoms with Crippen LogP contribution in [-0.2, 0) is 10.0 Å². The Bertz CT molecular complexity index is 685. The van der Waals surface area contributed by atoms with E-state index in [0.717, 1.165) is 19.5 Å². The summed E-state index contributed by atoms with van der Waals surface area (Å²) in [6, 6.07) is 6.63. The maximum atomic E-state index is 12.2. The van der Waals surface area contributed by atoms with Gasteiger partial charge in [-0.3, -0.25) is 0 Å². The average Bonchev–Trinajstić information content (AvgIpc) is 2.53. The number of nitrogens with zero attached hydrogens (tertiary/aromatic N) is 2. The van der Waals surface area contributed by atoms with E-state index in [1.165, 1.54) is 37.5 Å². The fourth-order valence-corrected chi connectivity index (χ4v) is 4.20. The third kappa shape index (κ3) is 4.92. The van der Waals surface area contributed by atoms with Crippen molar-refractivity contribution in [3.8, 4) is 6.07 Å². The summed E-state index contributed by atoms with van der Waals surface area (Å²) in [4.78, 5) is 2.50. The lowest BCUT2D eigenvalue weighted by Crippen LogP contribution is -2.39. The first-order valence-electron chi connectivity index (χ1n) is 7.87. The van der Waals surface area contributed by atoms with Crippen LogP contribution in [0.15, 0.2) is 23.1 Å². The summed E-state index contributed by atoms with van der Waals surface area (Å²) in [6.45, 7) is 4.61. The Labute approximate surface area is 143 Å². The second-order valence-corrected chi connectivity index (χ2v) is 8.06. The molecule has 0 bridgehead atoms. The van der Waals surface area contributed by atoms with E-state index in [4.69, 9.17) is 16.9 Å². The zero-order chi connectivity index (χ0) is 16.9. The minimum Gasteiger partial charge on any atom is -0.301 e. The first-order chi connectivity index (χ1) is 10.9. The Balaban J connectivity index is 1.87. The van der Waals surface area contributed by atoms with Gasteiger partial charge in [0.25, 0.3) is 0 Å². The predicted molar refractivity (Wildman–Crippen MR) is 90.9 cm³/mol. The molecule has 0 amide bonds. The Morgan fingerprint density at radius 3 is 2.87 bits per heavy atom. The number of sulfonamides is 1. The summed E-state index contributed by atoms with van der Waals surface area (Å²) in [7, 11) is -3.59. The summed E-state index contributed by atoms with van der Waals surface area (Å²) in [5.74, 6) is 0. The summed E-state index contributed by atoms with van der Waals surface area (Å²) in [5, 5.41) is 8.98. The van der Waals surface area contributed by atoms with Gasteiger partial charge in [-0.05, 0) is 57.5 Å². The standard InChI is InChI=1S/C16H22ClN3O2S/c1-13-5-2-3-9-20(13)10-4-8-19-23(21,22)15-7-6-14(12-18)16(17)11-15/h6-7,11,13,19H,2-5,8-10H2,1H3. The molecule has 0 radical (unpaired) electrons. The number of nitrogens with one attached hydrogen (secondary N) is 1. The number of likely N-dealkylation sites (tertiary alicyclic amines) is 1. The molecule has 1 aromatic carbocycles. The van der Waals surface area contributed by atoms with Crippen LogP contribution in [0, 0.1) is 11.3 Å². The van der Waals surface area contributed by atoms with Gasteiger partial charge in [-0.25, -0.2) is 13.1 Å². The highest BCUT2D eigenvalue weighted by molar-refractivity contribution is 7.89. The minimum atomic E-state index is -3.59. The molecular weight excluding hydrogens is 334 g/mol. The molecule has 1 aliphatic heterocycles. The zero-order valence-corrected chi connectivity index (χ0v) is 14.8. The molecule has 1 aromatic rings. The third-order valence-electron chi connectivity index (χ3n) is 4.23. The molecule has 0 saturated carbocycles. The maximum Gasteiger partial charge on any atom is 0.240 e. The summed E-state index contributed by atoms with van der Waals surface area (Å²) < 4.78 is 27.1. The highest BCUT2D eigenvalue weighted by atomic mass is 35.5. The number of piperidine rings is 1. The summed E-state index contributed by atoms with van der Waals surface area (Å²) in [6.07, 6.45) is 4.49. The van der Waals surface area contributed by atoms with Crippen LogP contribution in [0.5, 0.6) is 0 Å². The van der Waals surface area contributed by atoms with E-state index in [9.17, 15) is 8.42 Å². The Morgan fingerprint density at radius 2 is 2.22 bits per heavy atom. The third-order valence-corrected chi connectivity index (χ3v) is 6.00. The van der Waals surface area contributed by atoms with Crippen LogP contribution in [0.25, 0.3) is 0 Å². The quantitative estimate of drug-likeness (QED) is 0.796. The second kappa shape index (κ2) is 8.11. The van der Waals surface area contributed by atoms with Crippen LogP contribution < -0.4 is 4.72 Å². The van der Waals surface area contributed by atoms with Gasteiger partial charge in [-0.2, -0.15) is 5.26 Å². The van der Waals surface area contributed by atoms with E-state index < -0.39 is 10.0 Å². The fraction of sp³-hybridized carbons (Fsp3) is 0.562. The summed E-state index contributed by atoms with van der Waals surface area (Å²) >= 11 is 5.89. The van der Waals surface area contributed by atoms with Crippen molar-refractivity contribution < 1.29 is 8.42 Å². The van der Waals surface area contributed by atoms with Crippen LogP contribution in [0.4, 0.5) is 0 Å². The second-order valence-electron chi connectivity index (χ2n) is 5.89. The molecule has 0 aromatic heterocycles. The van der Waals surface area contributed by atoms with Gasteiger partial charge in [-0.15, -0.1) is 0 Å². The molecule has 2 rings (SSSR count). The first-order valence-corrected chi connectivity index (χ1v) is 9.73.